The first-order chi connectivity index (χ1) is 9.97. The largest absolute Gasteiger partial charge is 0.370 e. The standard InChI is InChI=1S/C16H18FN3O/c1-9-10(2)19-14-4-3-12(17)7-13(14)15(9)20-6-5-11(8-20)16(18)21/h3-4,7,11H,5-6,8H2,1-2H3,(H2,18,21). The predicted octanol–water partition coefficient (Wildman–Crippen LogP) is 2.30. The summed E-state index contributed by atoms with van der Waals surface area (Å²) in [6.07, 6.45) is 0.743. The maximum absolute atomic E-state index is 13.6. The Morgan fingerprint density at radius 1 is 1.43 bits per heavy atom. The van der Waals surface area contributed by atoms with E-state index < -0.39 is 0 Å². The molecule has 0 bridgehead atoms. The molecule has 1 aromatic carbocycles. The molecule has 0 radical (unpaired) electrons. The van der Waals surface area contributed by atoms with E-state index in [1.54, 1.807) is 6.07 Å². The zero-order valence-corrected chi connectivity index (χ0v) is 12.2. The van der Waals surface area contributed by atoms with Gasteiger partial charge in [0.2, 0.25) is 5.91 Å². The number of pyridine rings is 1. The number of carbonyl (C=O) groups is 1. The summed E-state index contributed by atoms with van der Waals surface area (Å²) in [4.78, 5) is 18.0. The molecule has 1 saturated heterocycles. The topological polar surface area (TPSA) is 59.2 Å². The van der Waals surface area contributed by atoms with Gasteiger partial charge in [0, 0.05) is 24.2 Å². The number of primary amides is 1. The van der Waals surface area contributed by atoms with Gasteiger partial charge in [-0.25, -0.2) is 4.39 Å². The van der Waals surface area contributed by atoms with Crippen LogP contribution in [0.1, 0.15) is 17.7 Å². The molecule has 1 aliphatic rings. The molecule has 1 aromatic heterocycles. The van der Waals surface area contributed by atoms with E-state index in [9.17, 15) is 9.18 Å². The SMILES string of the molecule is Cc1nc2ccc(F)cc2c(N2CCC(C(N)=O)C2)c1C. The number of nitrogens with two attached hydrogens (primary N) is 1. The lowest BCUT2D eigenvalue weighted by Crippen LogP contribution is -2.28. The van der Waals surface area contributed by atoms with E-state index in [2.05, 4.69) is 9.88 Å². The fourth-order valence-electron chi connectivity index (χ4n) is 3.04. The first-order valence-electron chi connectivity index (χ1n) is 7.08. The second-order valence-electron chi connectivity index (χ2n) is 5.67. The summed E-state index contributed by atoms with van der Waals surface area (Å²) in [6.45, 7) is 5.28. The van der Waals surface area contributed by atoms with Gasteiger partial charge in [-0.1, -0.05) is 0 Å². The molecule has 2 N–H and O–H groups in total. The zero-order valence-electron chi connectivity index (χ0n) is 12.2. The lowest BCUT2D eigenvalue weighted by atomic mass is 10.1. The molecule has 2 aromatic rings. The van der Waals surface area contributed by atoms with Gasteiger partial charge in [0.05, 0.1) is 17.1 Å². The lowest BCUT2D eigenvalue weighted by Gasteiger charge is -2.23. The van der Waals surface area contributed by atoms with Crippen LogP contribution in [-0.2, 0) is 4.79 Å². The average molecular weight is 287 g/mol. The number of aromatic nitrogens is 1. The van der Waals surface area contributed by atoms with Gasteiger partial charge in [-0.05, 0) is 44.0 Å². The first-order valence-corrected chi connectivity index (χ1v) is 7.08. The van der Waals surface area contributed by atoms with Crippen LogP contribution in [0.15, 0.2) is 18.2 Å². The van der Waals surface area contributed by atoms with E-state index in [1.165, 1.54) is 12.1 Å². The van der Waals surface area contributed by atoms with Crippen LogP contribution in [-0.4, -0.2) is 24.0 Å². The minimum Gasteiger partial charge on any atom is -0.370 e. The highest BCUT2D eigenvalue weighted by Gasteiger charge is 2.29. The third-order valence-corrected chi connectivity index (χ3v) is 4.31. The fraction of sp³-hybridized carbons (Fsp3) is 0.375. The van der Waals surface area contributed by atoms with Gasteiger partial charge in [-0.3, -0.25) is 9.78 Å². The van der Waals surface area contributed by atoms with Crippen LogP contribution in [0, 0.1) is 25.6 Å². The molecule has 1 aliphatic heterocycles. The van der Waals surface area contributed by atoms with E-state index in [-0.39, 0.29) is 17.6 Å². The number of aryl methyl sites for hydroxylation is 1. The van der Waals surface area contributed by atoms with E-state index in [0.717, 1.165) is 40.8 Å². The van der Waals surface area contributed by atoms with Crippen molar-refractivity contribution in [3.8, 4) is 0 Å². The van der Waals surface area contributed by atoms with Crippen molar-refractivity contribution >= 4 is 22.5 Å². The van der Waals surface area contributed by atoms with Crippen LogP contribution in [0.2, 0.25) is 0 Å². The van der Waals surface area contributed by atoms with Crippen molar-refractivity contribution in [1.82, 2.24) is 4.98 Å². The van der Waals surface area contributed by atoms with Crippen molar-refractivity contribution in [2.45, 2.75) is 20.3 Å². The predicted molar refractivity (Wildman–Crippen MR) is 80.7 cm³/mol. The summed E-state index contributed by atoms with van der Waals surface area (Å²) in [5.74, 6) is -0.683. The summed E-state index contributed by atoms with van der Waals surface area (Å²) in [6, 6.07) is 4.63. The van der Waals surface area contributed by atoms with Gasteiger partial charge in [-0.2, -0.15) is 0 Å². The summed E-state index contributed by atoms with van der Waals surface area (Å²) in [7, 11) is 0. The molecule has 0 aliphatic carbocycles. The van der Waals surface area contributed by atoms with Gasteiger partial charge < -0.3 is 10.6 Å². The Morgan fingerprint density at radius 3 is 2.86 bits per heavy atom. The highest BCUT2D eigenvalue weighted by atomic mass is 19.1. The van der Waals surface area contributed by atoms with Crippen molar-refractivity contribution in [3.05, 3.63) is 35.3 Å². The molecule has 1 amide bonds. The number of hydrogen-bond acceptors (Lipinski definition) is 3. The quantitative estimate of drug-likeness (QED) is 0.922. The highest BCUT2D eigenvalue weighted by molar-refractivity contribution is 5.94. The molecule has 3 rings (SSSR count). The van der Waals surface area contributed by atoms with Gasteiger partial charge in [0.25, 0.3) is 0 Å². The molecule has 2 heterocycles. The van der Waals surface area contributed by atoms with E-state index in [4.69, 9.17) is 5.73 Å². The van der Waals surface area contributed by atoms with Crippen LogP contribution in [0.25, 0.3) is 10.9 Å². The molecule has 110 valence electrons. The van der Waals surface area contributed by atoms with Crippen molar-refractivity contribution in [2.75, 3.05) is 18.0 Å². The third-order valence-electron chi connectivity index (χ3n) is 4.31. The number of benzene rings is 1. The van der Waals surface area contributed by atoms with Crippen LogP contribution in [0.5, 0.6) is 0 Å². The molecule has 21 heavy (non-hydrogen) atoms. The van der Waals surface area contributed by atoms with Gasteiger partial charge in [-0.15, -0.1) is 0 Å². The molecular formula is C16H18FN3O. The number of amides is 1. The summed E-state index contributed by atoms with van der Waals surface area (Å²) >= 11 is 0. The number of anilines is 1. The van der Waals surface area contributed by atoms with Crippen molar-refractivity contribution in [1.29, 1.82) is 0 Å². The van der Waals surface area contributed by atoms with Crippen LogP contribution in [0.4, 0.5) is 10.1 Å². The molecule has 1 fully saturated rings. The summed E-state index contributed by atoms with van der Waals surface area (Å²) in [5, 5.41) is 0.795. The van der Waals surface area contributed by atoms with E-state index >= 15 is 0 Å². The molecule has 1 unspecified atom stereocenters. The van der Waals surface area contributed by atoms with Crippen molar-refractivity contribution in [2.24, 2.45) is 11.7 Å². The fourth-order valence-corrected chi connectivity index (χ4v) is 3.04. The van der Waals surface area contributed by atoms with Crippen molar-refractivity contribution < 1.29 is 9.18 Å². The maximum atomic E-state index is 13.6. The second-order valence-corrected chi connectivity index (χ2v) is 5.67. The van der Waals surface area contributed by atoms with Crippen LogP contribution in [0.3, 0.4) is 0 Å². The molecule has 5 heteroatoms. The summed E-state index contributed by atoms with van der Waals surface area (Å²) in [5.41, 5.74) is 9.10. The molecule has 0 saturated carbocycles. The third kappa shape index (κ3) is 2.33. The molecule has 1 atom stereocenters. The smallest absolute Gasteiger partial charge is 0.222 e. The Labute approximate surface area is 122 Å². The Kier molecular flexibility index (Phi) is 3.27. The monoisotopic (exact) mass is 287 g/mol. The number of rotatable bonds is 2. The Balaban J connectivity index is 2.15. The van der Waals surface area contributed by atoms with Crippen LogP contribution >= 0.6 is 0 Å². The number of carbonyl (C=O) groups excluding carboxylic acids is 1. The normalized spacial score (nSPS) is 18.4. The zero-order chi connectivity index (χ0) is 15.1. The maximum Gasteiger partial charge on any atom is 0.222 e. The lowest BCUT2D eigenvalue weighted by molar-refractivity contribution is -0.121. The van der Waals surface area contributed by atoms with Crippen molar-refractivity contribution in [3.63, 3.8) is 0 Å². The Hall–Kier alpha value is -2.17. The number of hydrogen-bond donors (Lipinski definition) is 1. The minimum absolute atomic E-state index is 0.138. The van der Waals surface area contributed by atoms with E-state index in [0.29, 0.717) is 6.54 Å². The number of halogens is 1. The van der Waals surface area contributed by atoms with Gasteiger partial charge in [0.1, 0.15) is 5.82 Å². The number of fused-ring (bicyclic) bond motifs is 1. The number of nitrogens with zero attached hydrogens (tertiary/aromatic N) is 2. The van der Waals surface area contributed by atoms with Gasteiger partial charge in [0.15, 0.2) is 0 Å². The molecule has 0 spiro atoms. The van der Waals surface area contributed by atoms with Crippen LogP contribution < -0.4 is 10.6 Å². The molecule has 4 nitrogen and oxygen atoms in total. The minimum atomic E-state index is -0.278. The second kappa shape index (κ2) is 4.98. The Bertz CT molecular complexity index is 729. The van der Waals surface area contributed by atoms with Gasteiger partial charge >= 0.3 is 0 Å². The highest BCUT2D eigenvalue weighted by Crippen LogP contribution is 2.34. The molecular weight excluding hydrogens is 269 g/mol. The Morgan fingerprint density at radius 2 is 2.19 bits per heavy atom. The first kappa shape index (κ1) is 13.8. The summed E-state index contributed by atoms with van der Waals surface area (Å²) < 4.78 is 13.6. The average Bonchev–Trinajstić information content (AvgIpc) is 2.90. The van der Waals surface area contributed by atoms with E-state index in [1.807, 2.05) is 13.8 Å².